The van der Waals surface area contributed by atoms with Crippen LogP contribution < -0.4 is 10.1 Å². The van der Waals surface area contributed by atoms with E-state index in [1.165, 1.54) is 5.56 Å². The maximum Gasteiger partial charge on any atom is 0.132 e. The molecule has 2 heterocycles. The van der Waals surface area contributed by atoms with Crippen molar-refractivity contribution in [2.75, 3.05) is 20.2 Å². The van der Waals surface area contributed by atoms with E-state index in [0.717, 1.165) is 36.6 Å². The van der Waals surface area contributed by atoms with Crippen LogP contribution in [0, 0.1) is 0 Å². The minimum atomic E-state index is 0.530. The number of hydrogen-bond acceptors (Lipinski definition) is 3. The molecule has 0 radical (unpaired) electrons. The highest BCUT2D eigenvalue weighted by Gasteiger charge is 2.24. The number of imidazole rings is 1. The van der Waals surface area contributed by atoms with Crippen molar-refractivity contribution in [2.45, 2.75) is 12.3 Å². The summed E-state index contributed by atoms with van der Waals surface area (Å²) in [6.07, 6.45) is 4.78. The van der Waals surface area contributed by atoms with Crippen LogP contribution in [0.1, 0.15) is 17.9 Å². The molecule has 0 spiro atoms. The molecule has 4 heteroatoms. The van der Waals surface area contributed by atoms with Gasteiger partial charge >= 0.3 is 0 Å². The first-order chi connectivity index (χ1) is 9.31. The van der Waals surface area contributed by atoms with E-state index in [0.29, 0.717) is 5.92 Å². The van der Waals surface area contributed by atoms with Gasteiger partial charge in [0.1, 0.15) is 5.75 Å². The van der Waals surface area contributed by atoms with Gasteiger partial charge in [-0.05, 0) is 25.1 Å². The summed E-state index contributed by atoms with van der Waals surface area (Å²) < 4.78 is 7.97. The Labute approximate surface area is 113 Å². The number of benzene rings is 1. The number of aromatic nitrogens is 2. The van der Waals surface area contributed by atoms with Gasteiger partial charge in [0.2, 0.25) is 0 Å². The van der Waals surface area contributed by atoms with Crippen molar-refractivity contribution in [2.24, 2.45) is 7.05 Å². The quantitative estimate of drug-likeness (QED) is 0.916. The monoisotopic (exact) mass is 257 g/mol. The first-order valence-electron chi connectivity index (χ1n) is 6.68. The van der Waals surface area contributed by atoms with Gasteiger partial charge in [0.05, 0.1) is 24.8 Å². The summed E-state index contributed by atoms with van der Waals surface area (Å²) in [7, 11) is 4.01. The van der Waals surface area contributed by atoms with Crippen LogP contribution >= 0.6 is 0 Å². The van der Waals surface area contributed by atoms with Crippen LogP contribution in [-0.4, -0.2) is 29.8 Å². The van der Waals surface area contributed by atoms with Crippen molar-refractivity contribution in [3.63, 3.8) is 0 Å². The van der Waals surface area contributed by atoms with Crippen LogP contribution in [0.4, 0.5) is 0 Å². The zero-order chi connectivity index (χ0) is 13.2. The van der Waals surface area contributed by atoms with Gasteiger partial charge < -0.3 is 14.6 Å². The fourth-order valence-corrected chi connectivity index (χ4v) is 2.77. The first-order valence-corrected chi connectivity index (χ1v) is 6.68. The Kier molecular flexibility index (Phi) is 3.25. The predicted octanol–water partition coefficient (Wildman–Crippen LogP) is 2.17. The Hall–Kier alpha value is -1.81. The molecule has 1 aliphatic rings. The molecule has 2 aromatic rings. The second kappa shape index (κ2) is 5.05. The van der Waals surface area contributed by atoms with Crippen LogP contribution in [0.25, 0.3) is 11.3 Å². The largest absolute Gasteiger partial charge is 0.493 e. The minimum absolute atomic E-state index is 0.530. The lowest BCUT2D eigenvalue weighted by molar-refractivity contribution is 0.267. The lowest BCUT2D eigenvalue weighted by atomic mass is 9.90. The van der Waals surface area contributed by atoms with E-state index < -0.39 is 0 Å². The van der Waals surface area contributed by atoms with Crippen molar-refractivity contribution < 1.29 is 4.74 Å². The summed E-state index contributed by atoms with van der Waals surface area (Å²) in [5.74, 6) is 1.56. The number of fused-ring (bicyclic) bond motifs is 1. The van der Waals surface area contributed by atoms with E-state index in [1.54, 1.807) is 0 Å². The van der Waals surface area contributed by atoms with Crippen LogP contribution in [-0.2, 0) is 7.05 Å². The van der Waals surface area contributed by atoms with Crippen molar-refractivity contribution >= 4 is 0 Å². The molecular weight excluding hydrogens is 238 g/mol. The third kappa shape index (κ3) is 2.12. The number of nitrogens with one attached hydrogen (secondary N) is 1. The number of likely N-dealkylation sites (N-methyl/N-ethyl adjacent to an activating group) is 1. The molecule has 0 saturated carbocycles. The van der Waals surface area contributed by atoms with E-state index in [1.807, 2.05) is 31.2 Å². The summed E-state index contributed by atoms with van der Waals surface area (Å²) in [4.78, 5) is 4.20. The van der Waals surface area contributed by atoms with E-state index in [-0.39, 0.29) is 0 Å². The van der Waals surface area contributed by atoms with Gasteiger partial charge in [-0.2, -0.15) is 0 Å². The maximum atomic E-state index is 5.94. The molecule has 0 bridgehead atoms. The highest BCUT2D eigenvalue weighted by Crippen LogP contribution is 2.40. The van der Waals surface area contributed by atoms with Gasteiger partial charge in [0, 0.05) is 25.1 Å². The van der Waals surface area contributed by atoms with E-state index in [2.05, 4.69) is 28.5 Å². The molecular formula is C15H19N3O. The number of rotatable bonds is 3. The van der Waals surface area contributed by atoms with E-state index in [4.69, 9.17) is 4.74 Å². The van der Waals surface area contributed by atoms with Gasteiger partial charge in [0.15, 0.2) is 0 Å². The minimum Gasteiger partial charge on any atom is -0.493 e. The Balaban J connectivity index is 2.09. The normalized spacial score (nSPS) is 17.9. The summed E-state index contributed by atoms with van der Waals surface area (Å²) in [5, 5.41) is 3.27. The standard InChI is InChI=1S/C15H19N3O/c1-16-8-11-6-7-19-15-12(11)4-3-5-13(15)14-9-17-10-18(14)2/h3-5,9-11,16H,6-8H2,1-2H3/t11-/m0/s1. The molecule has 0 amide bonds. The molecule has 1 atom stereocenters. The molecule has 0 unspecified atom stereocenters. The topological polar surface area (TPSA) is 39.1 Å². The average Bonchev–Trinajstić information content (AvgIpc) is 2.85. The number of aryl methyl sites for hydroxylation is 1. The van der Waals surface area contributed by atoms with Crippen molar-refractivity contribution in [3.8, 4) is 17.0 Å². The molecule has 4 nitrogen and oxygen atoms in total. The summed E-state index contributed by atoms with van der Waals surface area (Å²) >= 11 is 0. The molecule has 1 aromatic heterocycles. The smallest absolute Gasteiger partial charge is 0.132 e. The second-order valence-electron chi connectivity index (χ2n) is 5.01. The van der Waals surface area contributed by atoms with Gasteiger partial charge in [-0.15, -0.1) is 0 Å². The Morgan fingerprint density at radius 3 is 3.11 bits per heavy atom. The average molecular weight is 257 g/mol. The van der Waals surface area contributed by atoms with E-state index in [9.17, 15) is 0 Å². The Morgan fingerprint density at radius 1 is 1.47 bits per heavy atom. The van der Waals surface area contributed by atoms with Gasteiger partial charge in [-0.3, -0.25) is 0 Å². The lowest BCUT2D eigenvalue weighted by Crippen LogP contribution is -2.23. The SMILES string of the molecule is CNC[C@@H]1CCOc2c(-c3cncn3C)cccc21. The van der Waals surface area contributed by atoms with Crippen molar-refractivity contribution in [3.05, 3.63) is 36.3 Å². The third-order valence-corrected chi connectivity index (χ3v) is 3.74. The molecule has 3 rings (SSSR count). The molecule has 0 saturated heterocycles. The molecule has 100 valence electrons. The molecule has 0 aliphatic carbocycles. The zero-order valence-corrected chi connectivity index (χ0v) is 11.4. The highest BCUT2D eigenvalue weighted by atomic mass is 16.5. The van der Waals surface area contributed by atoms with Gasteiger partial charge in [-0.1, -0.05) is 12.1 Å². The summed E-state index contributed by atoms with van der Waals surface area (Å²) in [6.45, 7) is 1.78. The zero-order valence-electron chi connectivity index (χ0n) is 11.4. The Bertz CT molecular complexity index is 577. The fourth-order valence-electron chi connectivity index (χ4n) is 2.77. The highest BCUT2D eigenvalue weighted by molar-refractivity contribution is 5.70. The Morgan fingerprint density at radius 2 is 2.37 bits per heavy atom. The summed E-state index contributed by atoms with van der Waals surface area (Å²) in [6, 6.07) is 6.40. The number of ether oxygens (including phenoxy) is 1. The molecule has 1 N–H and O–H groups in total. The second-order valence-corrected chi connectivity index (χ2v) is 5.01. The number of hydrogen-bond donors (Lipinski definition) is 1. The van der Waals surface area contributed by atoms with Gasteiger partial charge in [-0.25, -0.2) is 4.98 Å². The van der Waals surface area contributed by atoms with Crippen LogP contribution in [0.2, 0.25) is 0 Å². The van der Waals surface area contributed by atoms with Crippen LogP contribution in [0.15, 0.2) is 30.7 Å². The lowest BCUT2D eigenvalue weighted by Gasteiger charge is -2.27. The maximum absolute atomic E-state index is 5.94. The van der Waals surface area contributed by atoms with Crippen LogP contribution in [0.3, 0.4) is 0 Å². The van der Waals surface area contributed by atoms with E-state index >= 15 is 0 Å². The molecule has 0 fully saturated rings. The number of nitrogens with zero attached hydrogens (tertiary/aromatic N) is 2. The van der Waals surface area contributed by atoms with Crippen molar-refractivity contribution in [1.82, 2.24) is 14.9 Å². The number of para-hydroxylation sites is 1. The predicted molar refractivity (Wildman–Crippen MR) is 75.4 cm³/mol. The first kappa shape index (κ1) is 12.2. The van der Waals surface area contributed by atoms with Crippen LogP contribution in [0.5, 0.6) is 5.75 Å². The fraction of sp³-hybridized carbons (Fsp3) is 0.400. The van der Waals surface area contributed by atoms with Crippen molar-refractivity contribution in [1.29, 1.82) is 0 Å². The molecule has 1 aliphatic heterocycles. The van der Waals surface area contributed by atoms with Gasteiger partial charge in [0.25, 0.3) is 0 Å². The molecule has 1 aromatic carbocycles. The third-order valence-electron chi connectivity index (χ3n) is 3.74. The molecule has 19 heavy (non-hydrogen) atoms. The summed E-state index contributed by atoms with van der Waals surface area (Å²) in [5.41, 5.74) is 3.54.